The molecule has 2 aromatic carbocycles. The molecular formula is C19H19FN2O4S. The van der Waals surface area contributed by atoms with Crippen molar-refractivity contribution in [2.75, 3.05) is 31.6 Å². The van der Waals surface area contributed by atoms with E-state index in [4.69, 9.17) is 4.74 Å². The molecule has 8 heteroatoms. The Kier molecular flexibility index (Phi) is 4.29. The first-order valence-electron chi connectivity index (χ1n) is 8.55. The van der Waals surface area contributed by atoms with Crippen molar-refractivity contribution in [1.82, 2.24) is 4.31 Å². The monoisotopic (exact) mass is 390 g/mol. The van der Waals surface area contributed by atoms with Crippen LogP contribution in [0, 0.1) is 18.2 Å². The summed E-state index contributed by atoms with van der Waals surface area (Å²) in [5.74, 6) is -0.809. The number of benzene rings is 2. The zero-order valence-electron chi connectivity index (χ0n) is 14.7. The van der Waals surface area contributed by atoms with Crippen LogP contribution >= 0.6 is 0 Å². The fraction of sp³-hybridized carbons (Fsp3) is 0.316. The molecule has 2 saturated heterocycles. The summed E-state index contributed by atoms with van der Waals surface area (Å²) in [5, 5.41) is 2.66. The van der Waals surface area contributed by atoms with E-state index in [1.54, 1.807) is 19.1 Å². The average molecular weight is 390 g/mol. The number of rotatable bonds is 4. The van der Waals surface area contributed by atoms with Crippen molar-refractivity contribution >= 4 is 21.6 Å². The quantitative estimate of drug-likeness (QED) is 0.870. The Morgan fingerprint density at radius 1 is 1.19 bits per heavy atom. The Balaban J connectivity index is 1.51. The number of hydrogen-bond acceptors (Lipinski definition) is 4. The Bertz CT molecular complexity index is 1010. The summed E-state index contributed by atoms with van der Waals surface area (Å²) in [7, 11) is -3.64. The van der Waals surface area contributed by atoms with Crippen LogP contribution in [-0.2, 0) is 14.8 Å². The predicted octanol–water partition coefficient (Wildman–Crippen LogP) is 2.41. The van der Waals surface area contributed by atoms with E-state index in [1.165, 1.54) is 34.6 Å². The average Bonchev–Trinajstić information content (AvgIpc) is 2.55. The highest BCUT2D eigenvalue weighted by molar-refractivity contribution is 7.89. The second-order valence-corrected chi connectivity index (χ2v) is 9.15. The van der Waals surface area contributed by atoms with Gasteiger partial charge in [0.15, 0.2) is 0 Å². The third-order valence-corrected chi connectivity index (χ3v) is 6.78. The molecule has 0 radical (unpaired) electrons. The standard InChI is InChI=1S/C19H19FN2O4S/c1-13-7-15(5-6-17(13)20)21-18(23)14-3-2-4-16(8-14)27(24,25)22-9-19(10-22)11-26-12-19/h2-8H,9-12H2,1H3,(H,21,23). The van der Waals surface area contributed by atoms with E-state index in [2.05, 4.69) is 5.32 Å². The van der Waals surface area contributed by atoms with Crippen molar-refractivity contribution in [3.8, 4) is 0 Å². The number of nitrogens with zero attached hydrogens (tertiary/aromatic N) is 1. The largest absolute Gasteiger partial charge is 0.380 e. The highest BCUT2D eigenvalue weighted by Crippen LogP contribution is 2.40. The molecule has 0 bridgehead atoms. The molecule has 2 heterocycles. The first-order valence-corrected chi connectivity index (χ1v) is 9.99. The number of aryl methyl sites for hydroxylation is 1. The molecule has 0 aliphatic carbocycles. The zero-order valence-corrected chi connectivity index (χ0v) is 15.6. The number of nitrogens with one attached hydrogen (secondary N) is 1. The topological polar surface area (TPSA) is 75.7 Å². The van der Waals surface area contributed by atoms with Crippen LogP contribution in [0.2, 0.25) is 0 Å². The molecule has 1 amide bonds. The number of ether oxygens (including phenoxy) is 1. The number of sulfonamides is 1. The predicted molar refractivity (Wildman–Crippen MR) is 97.5 cm³/mol. The van der Waals surface area contributed by atoms with Crippen LogP contribution in [0.3, 0.4) is 0 Å². The third-order valence-electron chi connectivity index (χ3n) is 4.99. The maximum atomic E-state index is 13.4. The van der Waals surface area contributed by atoms with Crippen LogP contribution in [0.1, 0.15) is 15.9 Å². The van der Waals surface area contributed by atoms with Gasteiger partial charge in [0.05, 0.1) is 18.1 Å². The normalized spacial score (nSPS) is 18.6. The van der Waals surface area contributed by atoms with E-state index in [9.17, 15) is 17.6 Å². The van der Waals surface area contributed by atoms with E-state index >= 15 is 0 Å². The van der Waals surface area contributed by atoms with Gasteiger partial charge < -0.3 is 10.1 Å². The van der Waals surface area contributed by atoms with E-state index < -0.39 is 15.9 Å². The highest BCUT2D eigenvalue weighted by atomic mass is 32.2. The minimum absolute atomic E-state index is 0.0253. The van der Waals surface area contributed by atoms with Gasteiger partial charge in [-0.2, -0.15) is 4.31 Å². The van der Waals surface area contributed by atoms with Crippen molar-refractivity contribution in [2.45, 2.75) is 11.8 Å². The van der Waals surface area contributed by atoms with E-state index in [0.717, 1.165) is 0 Å². The van der Waals surface area contributed by atoms with Gasteiger partial charge in [-0.25, -0.2) is 12.8 Å². The summed E-state index contributed by atoms with van der Waals surface area (Å²) in [6.45, 7) is 3.68. The second kappa shape index (κ2) is 6.40. The maximum absolute atomic E-state index is 13.4. The molecule has 2 aromatic rings. The number of amides is 1. The van der Waals surface area contributed by atoms with Gasteiger partial charge in [0.25, 0.3) is 5.91 Å². The molecule has 1 spiro atoms. The zero-order chi connectivity index (χ0) is 19.2. The van der Waals surface area contributed by atoms with Crippen LogP contribution < -0.4 is 5.32 Å². The molecule has 27 heavy (non-hydrogen) atoms. The number of carbonyl (C=O) groups excluding carboxylic acids is 1. The van der Waals surface area contributed by atoms with Crippen molar-refractivity contribution < 1.29 is 22.3 Å². The molecule has 142 valence electrons. The molecule has 2 aliphatic rings. The molecule has 0 saturated carbocycles. The lowest BCUT2D eigenvalue weighted by molar-refractivity contribution is -0.166. The molecule has 4 rings (SSSR count). The van der Waals surface area contributed by atoms with Gasteiger partial charge in [-0.05, 0) is 48.9 Å². The summed E-state index contributed by atoms with van der Waals surface area (Å²) in [6, 6.07) is 10.2. The Morgan fingerprint density at radius 3 is 2.56 bits per heavy atom. The second-order valence-electron chi connectivity index (χ2n) is 7.21. The summed E-state index contributed by atoms with van der Waals surface area (Å²) in [4.78, 5) is 12.6. The Morgan fingerprint density at radius 2 is 1.93 bits per heavy atom. The maximum Gasteiger partial charge on any atom is 0.255 e. The van der Waals surface area contributed by atoms with Gasteiger partial charge in [-0.15, -0.1) is 0 Å². The molecule has 0 unspecified atom stereocenters. The van der Waals surface area contributed by atoms with Crippen molar-refractivity contribution in [3.63, 3.8) is 0 Å². The van der Waals surface area contributed by atoms with Gasteiger partial charge in [-0.3, -0.25) is 4.79 Å². The molecule has 6 nitrogen and oxygen atoms in total. The Labute approximate surface area is 157 Å². The fourth-order valence-electron chi connectivity index (χ4n) is 3.32. The van der Waals surface area contributed by atoms with Gasteiger partial charge >= 0.3 is 0 Å². The molecule has 0 aromatic heterocycles. The van der Waals surface area contributed by atoms with Crippen molar-refractivity contribution in [1.29, 1.82) is 0 Å². The van der Waals surface area contributed by atoms with Crippen LogP contribution in [0.4, 0.5) is 10.1 Å². The van der Waals surface area contributed by atoms with Gasteiger partial charge in [0.2, 0.25) is 10.0 Å². The van der Waals surface area contributed by atoms with Gasteiger partial charge in [0.1, 0.15) is 5.82 Å². The molecule has 0 atom stereocenters. The SMILES string of the molecule is Cc1cc(NC(=O)c2cccc(S(=O)(=O)N3CC4(COC4)C3)c2)ccc1F. The number of carbonyl (C=O) groups is 1. The minimum Gasteiger partial charge on any atom is -0.380 e. The molecule has 2 fully saturated rings. The lowest BCUT2D eigenvalue weighted by Crippen LogP contribution is -2.66. The van der Waals surface area contributed by atoms with E-state index in [1.807, 2.05) is 0 Å². The number of hydrogen-bond donors (Lipinski definition) is 1. The summed E-state index contributed by atoms with van der Waals surface area (Å²) < 4.78 is 45.5. The van der Waals surface area contributed by atoms with Gasteiger partial charge in [-0.1, -0.05) is 6.07 Å². The van der Waals surface area contributed by atoms with Gasteiger partial charge in [0, 0.05) is 29.8 Å². The molecule has 2 aliphatic heterocycles. The van der Waals surface area contributed by atoms with Crippen LogP contribution in [0.15, 0.2) is 47.4 Å². The first-order chi connectivity index (χ1) is 12.8. The van der Waals surface area contributed by atoms with E-state index in [0.29, 0.717) is 37.6 Å². The summed E-state index contributed by atoms with van der Waals surface area (Å²) in [6.07, 6.45) is 0. The summed E-state index contributed by atoms with van der Waals surface area (Å²) in [5.41, 5.74) is 1.06. The Hall–Kier alpha value is -2.29. The van der Waals surface area contributed by atoms with E-state index in [-0.39, 0.29) is 21.7 Å². The first kappa shape index (κ1) is 18.1. The van der Waals surface area contributed by atoms with Crippen LogP contribution in [0.25, 0.3) is 0 Å². The fourth-order valence-corrected chi connectivity index (χ4v) is 5.03. The minimum atomic E-state index is -3.64. The van der Waals surface area contributed by atoms with Crippen LogP contribution in [0.5, 0.6) is 0 Å². The lowest BCUT2D eigenvalue weighted by atomic mass is 9.80. The van der Waals surface area contributed by atoms with Crippen molar-refractivity contribution in [2.24, 2.45) is 5.41 Å². The van der Waals surface area contributed by atoms with Crippen LogP contribution in [-0.4, -0.2) is 44.9 Å². The summed E-state index contributed by atoms with van der Waals surface area (Å²) >= 11 is 0. The molecule has 1 N–H and O–H groups in total. The molecular weight excluding hydrogens is 371 g/mol. The number of anilines is 1. The smallest absolute Gasteiger partial charge is 0.255 e. The highest BCUT2D eigenvalue weighted by Gasteiger charge is 2.53. The lowest BCUT2D eigenvalue weighted by Gasteiger charge is -2.53. The van der Waals surface area contributed by atoms with Crippen molar-refractivity contribution in [3.05, 3.63) is 59.4 Å². The number of halogens is 1. The third kappa shape index (κ3) is 3.24.